The summed E-state index contributed by atoms with van der Waals surface area (Å²) in [5, 5.41) is 7.37. The summed E-state index contributed by atoms with van der Waals surface area (Å²) in [5.74, 6) is 5.65. The molecule has 0 atom stereocenters. The van der Waals surface area contributed by atoms with Gasteiger partial charge in [0.25, 0.3) is 0 Å². The summed E-state index contributed by atoms with van der Waals surface area (Å²) >= 11 is 0. The molecule has 2 amide bonds. The van der Waals surface area contributed by atoms with Crippen LogP contribution in [0.1, 0.15) is 109 Å². The molecule has 0 aromatic heterocycles. The Morgan fingerprint density at radius 2 is 0.758 bits per heavy atom. The molecule has 10 fully saturated rings. The van der Waals surface area contributed by atoms with Gasteiger partial charge in [0.15, 0.2) is 0 Å². The van der Waals surface area contributed by atoms with Crippen molar-refractivity contribution in [3.63, 3.8) is 0 Å². The van der Waals surface area contributed by atoms with Crippen LogP contribution in [0.25, 0.3) is 0 Å². The lowest BCUT2D eigenvalue weighted by molar-refractivity contribution is -0.148. The number of amides is 2. The third-order valence-electron chi connectivity index (χ3n) is 12.6. The van der Waals surface area contributed by atoms with Gasteiger partial charge in [-0.3, -0.25) is 9.59 Å². The maximum atomic E-state index is 13.8. The molecule has 0 spiro atoms. The fourth-order valence-electron chi connectivity index (χ4n) is 12.1. The van der Waals surface area contributed by atoms with Gasteiger partial charge in [-0.05, 0) is 145 Å². The van der Waals surface area contributed by atoms with Crippen molar-refractivity contribution < 1.29 is 9.59 Å². The van der Waals surface area contributed by atoms with Gasteiger partial charge in [0.1, 0.15) is 0 Å². The Kier molecular flexibility index (Phi) is 3.90. The van der Waals surface area contributed by atoms with E-state index in [4.69, 9.17) is 0 Å². The summed E-state index contributed by atoms with van der Waals surface area (Å²) < 4.78 is 0. The molecular weight excluding hydrogens is 408 g/mol. The lowest BCUT2D eigenvalue weighted by atomic mass is 9.49. The van der Waals surface area contributed by atoms with Crippen molar-refractivity contribution in [2.24, 2.45) is 46.3 Å². The summed E-state index contributed by atoms with van der Waals surface area (Å²) in [4.78, 5) is 27.6. The van der Waals surface area contributed by atoms with Gasteiger partial charge >= 0.3 is 0 Å². The van der Waals surface area contributed by atoms with Gasteiger partial charge < -0.3 is 10.6 Å². The molecule has 0 aromatic rings. The van der Waals surface area contributed by atoms with Gasteiger partial charge in [0.2, 0.25) is 11.8 Å². The van der Waals surface area contributed by atoms with E-state index in [9.17, 15) is 9.59 Å². The van der Waals surface area contributed by atoms with E-state index in [1.807, 2.05) is 0 Å². The number of hydrogen-bond donors (Lipinski definition) is 2. The molecule has 0 saturated heterocycles. The Morgan fingerprint density at radius 1 is 0.485 bits per heavy atom. The number of fused-ring (bicyclic) bond motifs is 2. The van der Waals surface area contributed by atoms with Gasteiger partial charge in [0.05, 0.1) is 0 Å². The molecule has 2 N–H and O–H groups in total. The summed E-state index contributed by atoms with van der Waals surface area (Å²) in [5.41, 5.74) is -0.204. The molecule has 0 radical (unpaired) electrons. The van der Waals surface area contributed by atoms with Crippen LogP contribution in [0.4, 0.5) is 0 Å². The van der Waals surface area contributed by atoms with E-state index < -0.39 is 0 Å². The monoisotopic (exact) mass is 450 g/mol. The molecule has 10 saturated carbocycles. The molecule has 0 aliphatic heterocycles. The van der Waals surface area contributed by atoms with E-state index in [-0.39, 0.29) is 21.9 Å². The molecule has 4 nitrogen and oxygen atoms in total. The van der Waals surface area contributed by atoms with Gasteiger partial charge in [0, 0.05) is 21.9 Å². The second-order valence-electron chi connectivity index (χ2n) is 15.0. The molecule has 33 heavy (non-hydrogen) atoms. The Hall–Kier alpha value is -1.06. The third kappa shape index (κ3) is 2.87. The van der Waals surface area contributed by atoms with E-state index in [2.05, 4.69) is 10.6 Å². The SMILES string of the molecule is O=C(NC12CCC(NC(=O)C34CC5CC(CC(C5)C3)C4)(CC1)C2)C12CC3CC(CC(C3)C1)C2. The van der Waals surface area contributed by atoms with Crippen molar-refractivity contribution in [3.8, 4) is 0 Å². The maximum absolute atomic E-state index is 13.8. The van der Waals surface area contributed by atoms with Crippen molar-refractivity contribution in [2.75, 3.05) is 0 Å². The first-order valence-electron chi connectivity index (χ1n) is 14.5. The van der Waals surface area contributed by atoms with Crippen LogP contribution in [0.3, 0.4) is 0 Å². The molecule has 10 aliphatic carbocycles. The lowest BCUT2D eigenvalue weighted by Crippen LogP contribution is -2.58. The minimum absolute atomic E-state index is 0.0465. The highest BCUT2D eigenvalue weighted by molar-refractivity contribution is 5.85. The number of rotatable bonds is 4. The Bertz CT molecular complexity index is 755. The fraction of sp³-hybridized carbons (Fsp3) is 0.931. The van der Waals surface area contributed by atoms with Crippen LogP contribution in [0.5, 0.6) is 0 Å². The summed E-state index contributed by atoms with van der Waals surface area (Å²) in [6.45, 7) is 0. The third-order valence-corrected chi connectivity index (χ3v) is 12.6. The average Bonchev–Trinajstić information content (AvgIpc) is 3.27. The Morgan fingerprint density at radius 3 is 1.03 bits per heavy atom. The Balaban J connectivity index is 0.973. The molecule has 10 bridgehead atoms. The van der Waals surface area contributed by atoms with Gasteiger partial charge in [-0.2, -0.15) is 0 Å². The number of hydrogen-bond acceptors (Lipinski definition) is 2. The first kappa shape index (κ1) is 20.2. The first-order valence-corrected chi connectivity index (χ1v) is 14.5. The molecule has 0 aromatic carbocycles. The van der Waals surface area contributed by atoms with Crippen molar-refractivity contribution in [1.82, 2.24) is 10.6 Å². The molecule has 0 unspecified atom stereocenters. The highest BCUT2D eigenvalue weighted by Gasteiger charge is 2.61. The van der Waals surface area contributed by atoms with E-state index in [1.54, 1.807) is 0 Å². The first-order chi connectivity index (χ1) is 15.8. The highest BCUT2D eigenvalue weighted by Crippen LogP contribution is 2.62. The quantitative estimate of drug-likeness (QED) is 0.625. The van der Waals surface area contributed by atoms with Gasteiger partial charge in [-0.15, -0.1) is 0 Å². The molecule has 10 aliphatic rings. The van der Waals surface area contributed by atoms with E-state index in [1.165, 1.54) is 38.5 Å². The molecular formula is C29H42N2O2. The van der Waals surface area contributed by atoms with Crippen molar-refractivity contribution in [2.45, 2.75) is 120 Å². The highest BCUT2D eigenvalue weighted by atomic mass is 16.2. The minimum Gasteiger partial charge on any atom is -0.350 e. The number of nitrogens with one attached hydrogen (secondary N) is 2. The predicted octanol–water partition coefficient (Wildman–Crippen LogP) is 5.11. The van der Waals surface area contributed by atoms with Crippen LogP contribution in [0, 0.1) is 46.3 Å². The Labute approximate surface area is 198 Å². The van der Waals surface area contributed by atoms with Crippen LogP contribution in [-0.2, 0) is 9.59 Å². The molecule has 4 heteroatoms. The van der Waals surface area contributed by atoms with Crippen molar-refractivity contribution in [3.05, 3.63) is 0 Å². The normalized spacial score (nSPS) is 57.0. The van der Waals surface area contributed by atoms with Crippen LogP contribution in [-0.4, -0.2) is 22.9 Å². The number of carbonyl (C=O) groups is 2. The standard InChI is InChI=1S/C29H42N2O2/c32-24(26-11-18-5-19(12-26)7-20(6-18)13-26)30-28-1-2-29(17-28,4-3-28)31-25(33)27-14-21-8-22(15-27)10-23(9-21)16-27/h18-23H,1-17H2,(H,30,32)(H,31,33). The van der Waals surface area contributed by atoms with E-state index in [0.717, 1.165) is 106 Å². The zero-order valence-electron chi connectivity index (χ0n) is 20.3. The predicted molar refractivity (Wildman–Crippen MR) is 126 cm³/mol. The zero-order valence-corrected chi connectivity index (χ0v) is 20.3. The van der Waals surface area contributed by atoms with Crippen molar-refractivity contribution >= 4 is 11.8 Å². The maximum Gasteiger partial charge on any atom is 0.226 e. The number of carbonyl (C=O) groups excluding carboxylic acids is 2. The zero-order chi connectivity index (χ0) is 22.1. The smallest absolute Gasteiger partial charge is 0.226 e. The summed E-state index contributed by atoms with van der Waals surface area (Å²) in [7, 11) is 0. The fourth-order valence-corrected chi connectivity index (χ4v) is 12.1. The second kappa shape index (κ2) is 6.38. The molecule has 180 valence electrons. The molecule has 10 rings (SSSR count). The minimum atomic E-state index is -0.0558. The second-order valence-corrected chi connectivity index (χ2v) is 15.0. The van der Waals surface area contributed by atoms with E-state index in [0.29, 0.717) is 11.8 Å². The summed E-state index contributed by atoms with van der Waals surface area (Å²) in [6, 6.07) is 0. The molecule has 0 heterocycles. The van der Waals surface area contributed by atoms with E-state index >= 15 is 0 Å². The van der Waals surface area contributed by atoms with Crippen LogP contribution in [0.15, 0.2) is 0 Å². The van der Waals surface area contributed by atoms with Crippen LogP contribution >= 0.6 is 0 Å². The summed E-state index contributed by atoms with van der Waals surface area (Å²) in [6.07, 6.45) is 20.4. The van der Waals surface area contributed by atoms with Gasteiger partial charge in [-0.25, -0.2) is 0 Å². The topological polar surface area (TPSA) is 58.2 Å². The van der Waals surface area contributed by atoms with Crippen LogP contribution in [0.2, 0.25) is 0 Å². The van der Waals surface area contributed by atoms with Gasteiger partial charge in [-0.1, -0.05) is 0 Å². The largest absolute Gasteiger partial charge is 0.350 e. The lowest BCUT2D eigenvalue weighted by Gasteiger charge is -2.56. The van der Waals surface area contributed by atoms with Crippen LogP contribution < -0.4 is 10.6 Å². The van der Waals surface area contributed by atoms with Crippen molar-refractivity contribution in [1.29, 1.82) is 0 Å². The average molecular weight is 451 g/mol.